The fraction of sp³-hybridized carbons (Fsp3) is 0.556. The molecule has 1 saturated carbocycles. The minimum atomic E-state index is -4.48. The zero-order chi connectivity index (χ0) is 19.8. The maximum Gasteiger partial charge on any atom is 0.419 e. The molecule has 1 aliphatic rings. The Bertz CT molecular complexity index is 872. The lowest BCUT2D eigenvalue weighted by Gasteiger charge is -2.17. The molecule has 9 heteroatoms. The summed E-state index contributed by atoms with van der Waals surface area (Å²) < 4.78 is 41.6. The van der Waals surface area contributed by atoms with E-state index in [1.165, 1.54) is 4.68 Å². The first-order valence-electron chi connectivity index (χ1n) is 8.81. The van der Waals surface area contributed by atoms with Gasteiger partial charge in [-0.15, -0.1) is 0 Å². The lowest BCUT2D eigenvalue weighted by molar-refractivity contribution is -0.138. The number of halogens is 3. The van der Waals surface area contributed by atoms with Crippen LogP contribution in [0.5, 0.6) is 0 Å². The first kappa shape index (κ1) is 19.1. The minimum Gasteiger partial charge on any atom is -0.321 e. The molecule has 0 aliphatic heterocycles. The van der Waals surface area contributed by atoms with Crippen molar-refractivity contribution in [3.05, 3.63) is 29.3 Å². The highest BCUT2D eigenvalue weighted by molar-refractivity contribution is 5.55. The molecule has 144 valence electrons. The standard InChI is InChI=1S/C18H21F3N6/c1-11-14(9-27(26-11)17(2,3)10-22)24-16-23-8-13(18(19,20)21)15(25-16)12-6-4-5-7-12/h8-9,12H,4-7H2,1-3H3,(H,23,24,25). The summed E-state index contributed by atoms with van der Waals surface area (Å²) in [5.41, 5.74) is -0.404. The van der Waals surface area contributed by atoms with Gasteiger partial charge in [0.1, 0.15) is 5.54 Å². The van der Waals surface area contributed by atoms with Crippen molar-refractivity contribution in [2.45, 2.75) is 64.1 Å². The van der Waals surface area contributed by atoms with E-state index in [1.54, 1.807) is 27.0 Å². The Morgan fingerprint density at radius 1 is 1.26 bits per heavy atom. The highest BCUT2D eigenvalue weighted by atomic mass is 19.4. The van der Waals surface area contributed by atoms with Crippen LogP contribution < -0.4 is 5.32 Å². The number of alkyl halides is 3. The predicted octanol–water partition coefficient (Wildman–Crippen LogP) is 4.66. The molecule has 6 nitrogen and oxygen atoms in total. The average Bonchev–Trinajstić information content (AvgIpc) is 3.25. The van der Waals surface area contributed by atoms with Crippen LogP contribution in [0.1, 0.15) is 62.4 Å². The van der Waals surface area contributed by atoms with E-state index in [2.05, 4.69) is 26.5 Å². The van der Waals surface area contributed by atoms with Crippen LogP contribution in [0.3, 0.4) is 0 Å². The van der Waals surface area contributed by atoms with Gasteiger partial charge in [-0.2, -0.15) is 23.5 Å². The molecule has 27 heavy (non-hydrogen) atoms. The zero-order valence-electron chi connectivity index (χ0n) is 15.4. The predicted molar refractivity (Wildman–Crippen MR) is 93.4 cm³/mol. The molecule has 0 atom stereocenters. The van der Waals surface area contributed by atoms with Crippen LogP contribution in [0, 0.1) is 18.3 Å². The van der Waals surface area contributed by atoms with Gasteiger partial charge >= 0.3 is 6.18 Å². The number of anilines is 2. The van der Waals surface area contributed by atoms with Crippen molar-refractivity contribution in [1.82, 2.24) is 19.7 Å². The molecule has 2 aromatic rings. The van der Waals surface area contributed by atoms with E-state index in [-0.39, 0.29) is 17.6 Å². The maximum atomic E-state index is 13.4. The van der Waals surface area contributed by atoms with Crippen LogP contribution in [-0.4, -0.2) is 19.7 Å². The summed E-state index contributed by atoms with van der Waals surface area (Å²) in [5.74, 6) is -0.103. The molecule has 3 rings (SSSR count). The van der Waals surface area contributed by atoms with Gasteiger partial charge in [-0.25, -0.2) is 9.97 Å². The summed E-state index contributed by atoms with van der Waals surface area (Å²) in [5, 5.41) is 16.5. The first-order chi connectivity index (χ1) is 12.6. The molecule has 1 fully saturated rings. The summed E-state index contributed by atoms with van der Waals surface area (Å²) in [7, 11) is 0. The fourth-order valence-corrected chi connectivity index (χ4v) is 3.22. The monoisotopic (exact) mass is 378 g/mol. The largest absolute Gasteiger partial charge is 0.419 e. The van der Waals surface area contributed by atoms with Gasteiger partial charge in [0.15, 0.2) is 0 Å². The van der Waals surface area contributed by atoms with Gasteiger partial charge in [0, 0.05) is 12.1 Å². The number of aryl methyl sites for hydroxylation is 1. The van der Waals surface area contributed by atoms with E-state index in [0.717, 1.165) is 19.0 Å². The highest BCUT2D eigenvalue weighted by Crippen LogP contribution is 2.40. The van der Waals surface area contributed by atoms with Crippen molar-refractivity contribution in [3.63, 3.8) is 0 Å². The lowest BCUT2D eigenvalue weighted by atomic mass is 9.99. The summed E-state index contributed by atoms with van der Waals surface area (Å²) >= 11 is 0. The normalized spacial score (nSPS) is 15.7. The minimum absolute atomic E-state index is 0.0555. The third-order valence-electron chi connectivity index (χ3n) is 4.86. The van der Waals surface area contributed by atoms with Gasteiger partial charge in [0.25, 0.3) is 0 Å². The molecule has 0 saturated heterocycles. The molecule has 2 heterocycles. The number of aromatic nitrogens is 4. The molecule has 0 aromatic carbocycles. The van der Waals surface area contributed by atoms with Gasteiger partial charge in [-0.3, -0.25) is 4.68 Å². The number of nitriles is 1. The van der Waals surface area contributed by atoms with Crippen molar-refractivity contribution in [3.8, 4) is 6.07 Å². The molecule has 0 unspecified atom stereocenters. The highest BCUT2D eigenvalue weighted by Gasteiger charge is 2.37. The maximum absolute atomic E-state index is 13.4. The van der Waals surface area contributed by atoms with Crippen molar-refractivity contribution in [2.24, 2.45) is 0 Å². The molecule has 0 spiro atoms. The number of nitrogens with one attached hydrogen (secondary N) is 1. The van der Waals surface area contributed by atoms with E-state index < -0.39 is 17.3 Å². The number of hydrogen-bond donors (Lipinski definition) is 1. The molecule has 2 aromatic heterocycles. The first-order valence-corrected chi connectivity index (χ1v) is 8.81. The van der Waals surface area contributed by atoms with Gasteiger partial charge in [-0.05, 0) is 33.6 Å². The molecule has 1 aliphatic carbocycles. The van der Waals surface area contributed by atoms with E-state index in [0.29, 0.717) is 24.2 Å². The Hall–Kier alpha value is -2.63. The third-order valence-corrected chi connectivity index (χ3v) is 4.86. The van der Waals surface area contributed by atoms with E-state index in [9.17, 15) is 18.4 Å². The molecule has 1 N–H and O–H groups in total. The summed E-state index contributed by atoms with van der Waals surface area (Å²) in [4.78, 5) is 8.07. The Morgan fingerprint density at radius 2 is 1.93 bits per heavy atom. The Morgan fingerprint density at radius 3 is 2.52 bits per heavy atom. The van der Waals surface area contributed by atoms with Crippen LogP contribution in [-0.2, 0) is 11.7 Å². The van der Waals surface area contributed by atoms with Crippen molar-refractivity contribution in [1.29, 1.82) is 5.26 Å². The fourth-order valence-electron chi connectivity index (χ4n) is 3.22. The van der Waals surface area contributed by atoms with Gasteiger partial charge in [-0.1, -0.05) is 12.8 Å². The van der Waals surface area contributed by atoms with Crippen molar-refractivity contribution >= 4 is 11.6 Å². The van der Waals surface area contributed by atoms with E-state index >= 15 is 0 Å². The topological polar surface area (TPSA) is 79.4 Å². The molecule has 0 amide bonds. The van der Waals surface area contributed by atoms with Gasteiger partial charge < -0.3 is 5.32 Å². The quantitative estimate of drug-likeness (QED) is 0.837. The Kier molecular flexibility index (Phi) is 4.84. The lowest BCUT2D eigenvalue weighted by Crippen LogP contribution is -2.24. The number of rotatable bonds is 4. The van der Waals surface area contributed by atoms with Crippen LogP contribution in [0.2, 0.25) is 0 Å². The van der Waals surface area contributed by atoms with Gasteiger partial charge in [0.05, 0.1) is 34.9 Å². The van der Waals surface area contributed by atoms with E-state index in [1.807, 2.05) is 0 Å². The SMILES string of the molecule is Cc1nn(C(C)(C)C#N)cc1Nc1ncc(C(F)(F)F)c(C2CCCC2)n1. The summed E-state index contributed by atoms with van der Waals surface area (Å²) in [6.45, 7) is 5.18. The zero-order valence-corrected chi connectivity index (χ0v) is 15.4. The van der Waals surface area contributed by atoms with Crippen molar-refractivity contribution in [2.75, 3.05) is 5.32 Å². The Labute approximate surface area is 155 Å². The molecular formula is C18H21F3N6. The molecule has 0 bridgehead atoms. The Balaban J connectivity index is 1.94. The second-order valence-corrected chi connectivity index (χ2v) is 7.34. The van der Waals surface area contributed by atoms with E-state index in [4.69, 9.17) is 0 Å². The summed E-state index contributed by atoms with van der Waals surface area (Å²) in [6.07, 6.45) is 1.22. The van der Waals surface area contributed by atoms with Crippen LogP contribution in [0.4, 0.5) is 24.8 Å². The van der Waals surface area contributed by atoms with Crippen LogP contribution in [0.25, 0.3) is 0 Å². The summed E-state index contributed by atoms with van der Waals surface area (Å²) in [6, 6.07) is 2.15. The van der Waals surface area contributed by atoms with Gasteiger partial charge in [0.2, 0.25) is 5.95 Å². The number of hydrogen-bond acceptors (Lipinski definition) is 5. The number of nitrogens with zero attached hydrogens (tertiary/aromatic N) is 5. The molecule has 0 radical (unpaired) electrons. The second kappa shape index (κ2) is 6.83. The third kappa shape index (κ3) is 3.89. The average molecular weight is 378 g/mol. The molecular weight excluding hydrogens is 357 g/mol. The van der Waals surface area contributed by atoms with Crippen molar-refractivity contribution < 1.29 is 13.2 Å². The second-order valence-electron chi connectivity index (χ2n) is 7.34. The van der Waals surface area contributed by atoms with Crippen LogP contribution >= 0.6 is 0 Å². The smallest absolute Gasteiger partial charge is 0.321 e. The van der Waals surface area contributed by atoms with Crippen LogP contribution in [0.15, 0.2) is 12.4 Å².